The highest BCUT2D eigenvalue weighted by atomic mass is 79.9. The molecular formula is C16H12BrNO2. The Hall–Kier alpha value is -2.07. The number of carbonyl (C=O) groups is 1. The average molecular weight is 330 g/mol. The Morgan fingerprint density at radius 1 is 1.10 bits per heavy atom. The molecule has 0 aliphatic heterocycles. The van der Waals surface area contributed by atoms with Crippen LogP contribution in [0, 0.1) is 6.92 Å². The second-order valence-corrected chi connectivity index (χ2v) is 5.36. The molecule has 0 fully saturated rings. The van der Waals surface area contributed by atoms with E-state index in [4.69, 9.17) is 4.42 Å². The molecule has 1 heterocycles. The summed E-state index contributed by atoms with van der Waals surface area (Å²) in [5.41, 5.74) is 1.55. The van der Waals surface area contributed by atoms with Gasteiger partial charge in [-0.3, -0.25) is 4.79 Å². The van der Waals surface area contributed by atoms with E-state index in [2.05, 4.69) is 21.2 Å². The first-order valence-corrected chi connectivity index (χ1v) is 6.99. The second kappa shape index (κ2) is 5.13. The summed E-state index contributed by atoms with van der Waals surface area (Å²) in [7, 11) is 0. The topological polar surface area (TPSA) is 42.2 Å². The highest BCUT2D eigenvalue weighted by Gasteiger charge is 2.15. The van der Waals surface area contributed by atoms with Crippen molar-refractivity contribution in [2.45, 2.75) is 6.92 Å². The minimum absolute atomic E-state index is 0.247. The number of hydrogen-bond donors (Lipinski definition) is 1. The van der Waals surface area contributed by atoms with Crippen LogP contribution in [-0.4, -0.2) is 5.91 Å². The fraction of sp³-hybridized carbons (Fsp3) is 0.0625. The number of furan rings is 1. The average Bonchev–Trinajstić information content (AvgIpc) is 2.78. The van der Waals surface area contributed by atoms with Crippen LogP contribution in [0.25, 0.3) is 10.8 Å². The molecule has 0 spiro atoms. The number of rotatable bonds is 2. The van der Waals surface area contributed by atoms with Crippen LogP contribution in [0.5, 0.6) is 0 Å². The maximum absolute atomic E-state index is 12.2. The van der Waals surface area contributed by atoms with Gasteiger partial charge in [0.1, 0.15) is 0 Å². The normalized spacial score (nSPS) is 10.7. The van der Waals surface area contributed by atoms with Gasteiger partial charge in [0.15, 0.2) is 10.4 Å². The fourth-order valence-electron chi connectivity index (χ4n) is 2.12. The molecule has 0 aliphatic carbocycles. The van der Waals surface area contributed by atoms with Gasteiger partial charge < -0.3 is 9.73 Å². The first kappa shape index (κ1) is 12.9. The van der Waals surface area contributed by atoms with E-state index < -0.39 is 0 Å². The van der Waals surface area contributed by atoms with E-state index in [1.165, 1.54) is 0 Å². The summed E-state index contributed by atoms with van der Waals surface area (Å²) in [5.74, 6) is 0.0773. The Balaban J connectivity index is 1.89. The van der Waals surface area contributed by atoms with Crippen LogP contribution in [0.4, 0.5) is 5.69 Å². The molecular weight excluding hydrogens is 318 g/mol. The maximum Gasteiger partial charge on any atom is 0.291 e. The van der Waals surface area contributed by atoms with E-state index in [0.29, 0.717) is 10.4 Å². The summed E-state index contributed by atoms with van der Waals surface area (Å²) < 4.78 is 5.89. The van der Waals surface area contributed by atoms with Crippen molar-refractivity contribution >= 4 is 38.3 Å². The lowest BCUT2D eigenvalue weighted by Gasteiger charge is -2.05. The van der Waals surface area contributed by atoms with E-state index in [-0.39, 0.29) is 5.91 Å². The SMILES string of the molecule is Cc1cc(Br)oc1C(=O)Nc1ccc2ccccc2c1. The Kier molecular flexibility index (Phi) is 3.32. The summed E-state index contributed by atoms with van der Waals surface area (Å²) in [4.78, 5) is 12.2. The Bertz CT molecular complexity index is 792. The lowest BCUT2D eigenvalue weighted by molar-refractivity contribution is 0.0994. The van der Waals surface area contributed by atoms with Crippen LogP contribution >= 0.6 is 15.9 Å². The fourth-order valence-corrected chi connectivity index (χ4v) is 2.63. The molecule has 0 atom stereocenters. The van der Waals surface area contributed by atoms with Crippen molar-refractivity contribution in [2.24, 2.45) is 0 Å². The van der Waals surface area contributed by atoms with Crippen molar-refractivity contribution in [1.82, 2.24) is 0 Å². The summed E-state index contributed by atoms with van der Waals surface area (Å²) in [6.45, 7) is 1.84. The van der Waals surface area contributed by atoms with Crippen LogP contribution in [0.15, 0.2) is 57.6 Å². The number of nitrogens with one attached hydrogen (secondary N) is 1. The molecule has 0 aliphatic rings. The van der Waals surface area contributed by atoms with Gasteiger partial charge in [-0.05, 0) is 51.8 Å². The lowest BCUT2D eigenvalue weighted by atomic mass is 10.1. The number of amides is 1. The number of fused-ring (bicyclic) bond motifs is 1. The third-order valence-corrected chi connectivity index (χ3v) is 3.49. The smallest absolute Gasteiger partial charge is 0.291 e. The molecule has 0 bridgehead atoms. The number of aryl methyl sites for hydroxylation is 1. The predicted octanol–water partition coefficient (Wildman–Crippen LogP) is 4.76. The number of benzene rings is 2. The molecule has 0 saturated carbocycles. The lowest BCUT2D eigenvalue weighted by Crippen LogP contribution is -2.11. The Morgan fingerprint density at radius 3 is 2.55 bits per heavy atom. The molecule has 100 valence electrons. The maximum atomic E-state index is 12.2. The van der Waals surface area contributed by atoms with Gasteiger partial charge in [-0.15, -0.1) is 0 Å². The zero-order chi connectivity index (χ0) is 14.1. The van der Waals surface area contributed by atoms with Crippen LogP contribution in [0.3, 0.4) is 0 Å². The number of anilines is 1. The highest BCUT2D eigenvalue weighted by molar-refractivity contribution is 9.10. The van der Waals surface area contributed by atoms with Crippen molar-refractivity contribution in [3.05, 3.63) is 64.5 Å². The van der Waals surface area contributed by atoms with Gasteiger partial charge in [-0.2, -0.15) is 0 Å². The Labute approximate surface area is 124 Å². The van der Waals surface area contributed by atoms with Gasteiger partial charge in [0.2, 0.25) is 0 Å². The number of carbonyl (C=O) groups excluding carboxylic acids is 1. The molecule has 0 unspecified atom stereocenters. The van der Waals surface area contributed by atoms with Crippen LogP contribution in [-0.2, 0) is 0 Å². The third kappa shape index (κ3) is 2.47. The molecule has 0 saturated heterocycles. The minimum atomic E-state index is -0.247. The van der Waals surface area contributed by atoms with Crippen molar-refractivity contribution in [2.75, 3.05) is 5.32 Å². The monoisotopic (exact) mass is 329 g/mol. The van der Waals surface area contributed by atoms with E-state index in [1.807, 2.05) is 49.4 Å². The molecule has 4 heteroatoms. The standard InChI is InChI=1S/C16H12BrNO2/c1-10-8-14(17)20-15(10)16(19)18-13-7-6-11-4-2-3-5-12(11)9-13/h2-9H,1H3,(H,18,19). The molecule has 1 N–H and O–H groups in total. The Morgan fingerprint density at radius 2 is 1.85 bits per heavy atom. The van der Waals surface area contributed by atoms with Crippen molar-refractivity contribution in [1.29, 1.82) is 0 Å². The highest BCUT2D eigenvalue weighted by Crippen LogP contribution is 2.22. The number of halogens is 1. The van der Waals surface area contributed by atoms with Gasteiger partial charge in [0.05, 0.1) is 0 Å². The first-order valence-electron chi connectivity index (χ1n) is 6.19. The van der Waals surface area contributed by atoms with Crippen molar-refractivity contribution < 1.29 is 9.21 Å². The minimum Gasteiger partial charge on any atom is -0.444 e. The van der Waals surface area contributed by atoms with Gasteiger partial charge in [0, 0.05) is 11.3 Å². The molecule has 20 heavy (non-hydrogen) atoms. The summed E-state index contributed by atoms with van der Waals surface area (Å²) in [6.07, 6.45) is 0. The number of hydrogen-bond acceptors (Lipinski definition) is 2. The van der Waals surface area contributed by atoms with Crippen LogP contribution in [0.2, 0.25) is 0 Å². The molecule has 1 aromatic heterocycles. The molecule has 3 nitrogen and oxygen atoms in total. The first-order chi connectivity index (χ1) is 9.63. The van der Waals surface area contributed by atoms with E-state index >= 15 is 0 Å². The second-order valence-electron chi connectivity index (χ2n) is 4.58. The predicted molar refractivity (Wildman–Crippen MR) is 83.0 cm³/mol. The summed E-state index contributed by atoms with van der Waals surface area (Å²) >= 11 is 3.22. The molecule has 0 radical (unpaired) electrons. The zero-order valence-corrected chi connectivity index (χ0v) is 12.4. The third-order valence-electron chi connectivity index (χ3n) is 3.10. The van der Waals surface area contributed by atoms with Gasteiger partial charge in [0.25, 0.3) is 5.91 Å². The zero-order valence-electron chi connectivity index (χ0n) is 10.8. The van der Waals surface area contributed by atoms with E-state index in [9.17, 15) is 4.79 Å². The van der Waals surface area contributed by atoms with Gasteiger partial charge >= 0.3 is 0 Å². The molecule has 2 aromatic carbocycles. The van der Waals surface area contributed by atoms with Gasteiger partial charge in [-0.25, -0.2) is 0 Å². The molecule has 3 aromatic rings. The van der Waals surface area contributed by atoms with Crippen LogP contribution in [0.1, 0.15) is 16.1 Å². The molecule has 3 rings (SSSR count). The summed E-state index contributed by atoms with van der Waals surface area (Å²) in [5, 5.41) is 5.08. The largest absolute Gasteiger partial charge is 0.444 e. The summed E-state index contributed by atoms with van der Waals surface area (Å²) in [6, 6.07) is 15.6. The van der Waals surface area contributed by atoms with E-state index in [0.717, 1.165) is 22.0 Å². The van der Waals surface area contributed by atoms with Crippen molar-refractivity contribution in [3.8, 4) is 0 Å². The quantitative estimate of drug-likeness (QED) is 0.736. The van der Waals surface area contributed by atoms with E-state index in [1.54, 1.807) is 6.07 Å². The van der Waals surface area contributed by atoms with Gasteiger partial charge in [-0.1, -0.05) is 30.3 Å². The van der Waals surface area contributed by atoms with Crippen molar-refractivity contribution in [3.63, 3.8) is 0 Å². The van der Waals surface area contributed by atoms with Crippen LogP contribution < -0.4 is 5.32 Å². The molecule has 1 amide bonds.